The quantitative estimate of drug-likeness (QED) is 0.722. The van der Waals surface area contributed by atoms with Gasteiger partial charge in [0.25, 0.3) is 5.91 Å². The molecule has 1 unspecified atom stereocenters. The number of rotatable bonds is 5. The van der Waals surface area contributed by atoms with E-state index >= 15 is 0 Å². The van der Waals surface area contributed by atoms with Gasteiger partial charge in [-0.25, -0.2) is 0 Å². The molecule has 1 atom stereocenters. The highest BCUT2D eigenvalue weighted by atomic mass is 16.6. The van der Waals surface area contributed by atoms with Crippen LogP contribution < -0.4 is 0 Å². The fourth-order valence-electron chi connectivity index (χ4n) is 4.41. The molecule has 2 aromatic rings. The smallest absolute Gasteiger partial charge is 0.254 e. The van der Waals surface area contributed by atoms with Crippen molar-refractivity contribution in [1.82, 2.24) is 9.80 Å². The predicted octanol–water partition coefficient (Wildman–Crippen LogP) is 4.06. The third kappa shape index (κ3) is 4.67. The summed E-state index contributed by atoms with van der Waals surface area (Å²) in [6.07, 6.45) is 4.60. The van der Waals surface area contributed by atoms with Crippen LogP contribution in [0.3, 0.4) is 0 Å². The summed E-state index contributed by atoms with van der Waals surface area (Å²) < 4.78 is 0. The van der Waals surface area contributed by atoms with E-state index in [4.69, 9.17) is 4.84 Å². The Bertz CT molecular complexity index is 842. The number of oxime groups is 1. The third-order valence-corrected chi connectivity index (χ3v) is 5.90. The minimum absolute atomic E-state index is 0.0768. The minimum atomic E-state index is 0.0768. The molecule has 29 heavy (non-hydrogen) atoms. The van der Waals surface area contributed by atoms with Crippen molar-refractivity contribution in [2.45, 2.75) is 31.7 Å². The van der Waals surface area contributed by atoms with E-state index in [1.807, 2.05) is 47.4 Å². The molecule has 1 amide bonds. The SMILES string of the molecule is CON=C1CC(CN2CCCCC2)N(C(=O)c2ccc(-c3ccccc3)cc2)C1. The number of amides is 1. The lowest BCUT2D eigenvalue weighted by atomic mass is 10.0. The number of likely N-dealkylation sites (tertiary alicyclic amines) is 2. The topological polar surface area (TPSA) is 45.1 Å². The lowest BCUT2D eigenvalue weighted by Gasteiger charge is -2.32. The number of carbonyl (C=O) groups is 1. The van der Waals surface area contributed by atoms with Crippen molar-refractivity contribution in [3.8, 4) is 11.1 Å². The van der Waals surface area contributed by atoms with Crippen LogP contribution in [0, 0.1) is 0 Å². The van der Waals surface area contributed by atoms with Gasteiger partial charge in [0.1, 0.15) is 7.11 Å². The highest BCUT2D eigenvalue weighted by Gasteiger charge is 2.35. The molecule has 2 heterocycles. The Morgan fingerprint density at radius 2 is 1.69 bits per heavy atom. The Morgan fingerprint density at radius 1 is 1.00 bits per heavy atom. The molecule has 0 radical (unpaired) electrons. The fourth-order valence-corrected chi connectivity index (χ4v) is 4.41. The normalized spacial score (nSPS) is 21.5. The summed E-state index contributed by atoms with van der Waals surface area (Å²) >= 11 is 0. The first kappa shape index (κ1) is 19.6. The zero-order chi connectivity index (χ0) is 20.1. The molecule has 2 aliphatic rings. The summed E-state index contributed by atoms with van der Waals surface area (Å²) in [7, 11) is 1.57. The van der Waals surface area contributed by atoms with Crippen LogP contribution in [0.1, 0.15) is 36.0 Å². The molecular weight excluding hydrogens is 362 g/mol. The van der Waals surface area contributed by atoms with Crippen molar-refractivity contribution in [3.63, 3.8) is 0 Å². The van der Waals surface area contributed by atoms with Crippen LogP contribution in [0.25, 0.3) is 11.1 Å². The van der Waals surface area contributed by atoms with Gasteiger partial charge >= 0.3 is 0 Å². The molecule has 0 spiro atoms. The molecular formula is C24H29N3O2. The molecule has 0 saturated carbocycles. The molecule has 0 aliphatic carbocycles. The molecule has 5 heteroatoms. The van der Waals surface area contributed by atoms with Gasteiger partial charge in [-0.2, -0.15) is 0 Å². The first-order valence-electron chi connectivity index (χ1n) is 10.5. The van der Waals surface area contributed by atoms with Crippen LogP contribution in [0.15, 0.2) is 59.8 Å². The third-order valence-electron chi connectivity index (χ3n) is 5.90. The predicted molar refractivity (Wildman–Crippen MR) is 116 cm³/mol. The van der Waals surface area contributed by atoms with Gasteiger partial charge in [0.15, 0.2) is 0 Å². The number of piperidine rings is 1. The molecule has 5 nitrogen and oxygen atoms in total. The van der Waals surface area contributed by atoms with Crippen LogP contribution >= 0.6 is 0 Å². The maximum Gasteiger partial charge on any atom is 0.254 e. The molecule has 0 aromatic heterocycles. The summed E-state index contributed by atoms with van der Waals surface area (Å²) in [4.78, 5) is 22.8. The Balaban J connectivity index is 1.50. The summed E-state index contributed by atoms with van der Waals surface area (Å²) in [5, 5.41) is 4.15. The van der Waals surface area contributed by atoms with Crippen molar-refractivity contribution in [3.05, 3.63) is 60.2 Å². The zero-order valence-corrected chi connectivity index (χ0v) is 17.1. The average molecular weight is 392 g/mol. The van der Waals surface area contributed by atoms with Crippen LogP contribution in [0.5, 0.6) is 0 Å². The second kappa shape index (κ2) is 9.23. The summed E-state index contributed by atoms with van der Waals surface area (Å²) in [6.45, 7) is 3.71. The lowest BCUT2D eigenvalue weighted by molar-refractivity contribution is 0.0693. The standard InChI is InChI=1S/C24H29N3O2/c1-29-25-22-16-23(18-26-14-6-3-7-15-26)27(17-22)24(28)21-12-10-20(11-13-21)19-8-4-2-5-9-19/h2,4-5,8-13,23H,3,6-7,14-18H2,1H3. The van der Waals surface area contributed by atoms with Crippen molar-refractivity contribution in [2.24, 2.45) is 5.16 Å². The van der Waals surface area contributed by atoms with Gasteiger partial charge in [-0.15, -0.1) is 0 Å². The Hall–Kier alpha value is -2.66. The highest BCUT2D eigenvalue weighted by molar-refractivity contribution is 6.00. The molecule has 0 N–H and O–H groups in total. The van der Waals surface area contributed by atoms with Gasteiger partial charge in [-0.05, 0) is 49.2 Å². The van der Waals surface area contributed by atoms with Gasteiger partial charge < -0.3 is 14.6 Å². The zero-order valence-electron chi connectivity index (χ0n) is 17.1. The van der Waals surface area contributed by atoms with Gasteiger partial charge in [0, 0.05) is 18.5 Å². The largest absolute Gasteiger partial charge is 0.399 e. The molecule has 4 rings (SSSR count). The number of hydrogen-bond donors (Lipinski definition) is 0. The maximum absolute atomic E-state index is 13.3. The summed E-state index contributed by atoms with van der Waals surface area (Å²) in [5.74, 6) is 0.0768. The van der Waals surface area contributed by atoms with E-state index in [0.29, 0.717) is 6.54 Å². The monoisotopic (exact) mass is 391 g/mol. The second-order valence-electron chi connectivity index (χ2n) is 7.94. The van der Waals surface area contributed by atoms with Crippen molar-refractivity contribution >= 4 is 11.6 Å². The average Bonchev–Trinajstić information content (AvgIpc) is 3.17. The molecule has 2 aromatic carbocycles. The Labute approximate surface area is 173 Å². The highest BCUT2D eigenvalue weighted by Crippen LogP contribution is 2.24. The maximum atomic E-state index is 13.3. The van der Waals surface area contributed by atoms with E-state index in [1.54, 1.807) is 7.11 Å². The lowest BCUT2D eigenvalue weighted by Crippen LogP contribution is -2.44. The van der Waals surface area contributed by atoms with Crippen LogP contribution in [0.4, 0.5) is 0 Å². The second-order valence-corrected chi connectivity index (χ2v) is 7.94. The summed E-state index contributed by atoms with van der Waals surface area (Å²) in [6, 6.07) is 18.3. The van der Waals surface area contributed by atoms with Crippen LogP contribution in [0.2, 0.25) is 0 Å². The van der Waals surface area contributed by atoms with E-state index in [9.17, 15) is 4.79 Å². The molecule has 2 fully saturated rings. The van der Waals surface area contributed by atoms with Crippen molar-refractivity contribution in [2.75, 3.05) is 33.3 Å². The Morgan fingerprint density at radius 3 is 2.38 bits per heavy atom. The Kier molecular flexibility index (Phi) is 6.25. The number of hydrogen-bond acceptors (Lipinski definition) is 4. The fraction of sp³-hybridized carbons (Fsp3) is 0.417. The van der Waals surface area contributed by atoms with Crippen LogP contribution in [-0.2, 0) is 4.84 Å². The first-order valence-corrected chi connectivity index (χ1v) is 10.5. The number of nitrogens with zero attached hydrogens (tertiary/aromatic N) is 3. The molecule has 2 aliphatic heterocycles. The van der Waals surface area contributed by atoms with E-state index in [1.165, 1.54) is 19.3 Å². The van der Waals surface area contributed by atoms with E-state index in [-0.39, 0.29) is 11.9 Å². The van der Waals surface area contributed by atoms with Gasteiger partial charge in [-0.1, -0.05) is 54.0 Å². The van der Waals surface area contributed by atoms with Crippen molar-refractivity contribution < 1.29 is 9.63 Å². The number of carbonyl (C=O) groups excluding carboxylic acids is 1. The first-order chi connectivity index (χ1) is 14.2. The van der Waals surface area contributed by atoms with E-state index in [0.717, 1.165) is 48.5 Å². The van der Waals surface area contributed by atoms with Crippen LogP contribution in [-0.4, -0.2) is 60.7 Å². The van der Waals surface area contributed by atoms with Crippen molar-refractivity contribution in [1.29, 1.82) is 0 Å². The molecule has 0 bridgehead atoms. The van der Waals surface area contributed by atoms with Gasteiger partial charge in [0.05, 0.1) is 18.3 Å². The van der Waals surface area contributed by atoms with E-state index in [2.05, 4.69) is 22.2 Å². The molecule has 152 valence electrons. The van der Waals surface area contributed by atoms with Gasteiger partial charge in [0.2, 0.25) is 0 Å². The molecule has 2 saturated heterocycles. The summed E-state index contributed by atoms with van der Waals surface area (Å²) in [5.41, 5.74) is 3.95. The minimum Gasteiger partial charge on any atom is -0.399 e. The van der Waals surface area contributed by atoms with E-state index < -0.39 is 0 Å². The number of benzene rings is 2. The van der Waals surface area contributed by atoms with Gasteiger partial charge in [-0.3, -0.25) is 4.79 Å².